The fourth-order valence-corrected chi connectivity index (χ4v) is 3.43. The molecule has 0 spiro atoms. The van der Waals surface area contributed by atoms with Gasteiger partial charge in [-0.05, 0) is 50.6 Å². The van der Waals surface area contributed by atoms with Crippen LogP contribution in [0.1, 0.15) is 32.9 Å². The maximum atomic E-state index is 13.1. The molecule has 0 aliphatic carbocycles. The Morgan fingerprint density at radius 1 is 1.06 bits per heavy atom. The number of para-hydroxylation sites is 1. The molecule has 0 unspecified atom stereocenters. The summed E-state index contributed by atoms with van der Waals surface area (Å²) in [5.74, 6) is -0.835. The fraction of sp³-hybridized carbons (Fsp3) is 0.292. The lowest BCUT2D eigenvalue weighted by molar-refractivity contribution is -0.137. The fourth-order valence-electron chi connectivity index (χ4n) is 3.43. The molecule has 0 saturated heterocycles. The van der Waals surface area contributed by atoms with E-state index in [9.17, 15) is 22.8 Å². The Morgan fingerprint density at radius 3 is 2.42 bits per heavy atom. The number of rotatable bonds is 7. The van der Waals surface area contributed by atoms with Crippen molar-refractivity contribution in [3.63, 3.8) is 0 Å². The molecule has 3 aromatic rings. The van der Waals surface area contributed by atoms with Gasteiger partial charge in [0, 0.05) is 7.05 Å². The van der Waals surface area contributed by atoms with Crippen LogP contribution < -0.4 is 4.74 Å². The molecule has 9 heteroatoms. The Morgan fingerprint density at radius 2 is 1.76 bits per heavy atom. The van der Waals surface area contributed by atoms with E-state index in [0.29, 0.717) is 5.75 Å². The van der Waals surface area contributed by atoms with Crippen molar-refractivity contribution in [3.05, 3.63) is 76.6 Å². The van der Waals surface area contributed by atoms with Crippen molar-refractivity contribution in [2.24, 2.45) is 0 Å². The van der Waals surface area contributed by atoms with E-state index in [-0.39, 0.29) is 35.8 Å². The molecule has 0 radical (unpaired) electrons. The Kier molecular flexibility index (Phi) is 6.90. The van der Waals surface area contributed by atoms with Crippen LogP contribution in [0.15, 0.2) is 48.5 Å². The number of carbonyl (C=O) groups is 2. The van der Waals surface area contributed by atoms with Gasteiger partial charge >= 0.3 is 6.18 Å². The quantitative estimate of drug-likeness (QED) is 0.385. The molecule has 1 heterocycles. The highest BCUT2D eigenvalue weighted by Crippen LogP contribution is 2.31. The van der Waals surface area contributed by atoms with E-state index >= 15 is 0 Å². The van der Waals surface area contributed by atoms with Gasteiger partial charge in [0.05, 0.1) is 34.7 Å². The van der Waals surface area contributed by atoms with Crippen LogP contribution in [0.3, 0.4) is 0 Å². The topological polar surface area (TPSA) is 64.4 Å². The molecule has 0 aliphatic heterocycles. The smallest absolute Gasteiger partial charge is 0.416 e. The average Bonchev–Trinajstić information content (AvgIpc) is 3.07. The van der Waals surface area contributed by atoms with E-state index < -0.39 is 23.4 Å². The molecule has 0 atom stereocenters. The molecule has 0 N–H and O–H groups in total. The van der Waals surface area contributed by atoms with E-state index in [1.807, 2.05) is 31.2 Å². The number of nitrogens with zero attached hydrogens (tertiary/aromatic N) is 3. The van der Waals surface area contributed by atoms with E-state index in [0.717, 1.165) is 17.7 Å². The molecule has 1 aromatic heterocycles. The standard InChI is InChI=1S/C24H24F3N3O3/c1-15-8-5-6-11-20(15)33-13-12-29(4)23(32)22(31)21-16(2)28-30(17(21)3)19-10-7-9-18(14-19)24(25,26)27/h5-11,14H,12-13H2,1-4H3. The van der Waals surface area contributed by atoms with Crippen molar-refractivity contribution in [2.45, 2.75) is 26.9 Å². The van der Waals surface area contributed by atoms with Gasteiger partial charge in [-0.15, -0.1) is 0 Å². The van der Waals surface area contributed by atoms with Crippen molar-refractivity contribution in [2.75, 3.05) is 20.2 Å². The number of aromatic nitrogens is 2. The van der Waals surface area contributed by atoms with Crippen LogP contribution in [0.4, 0.5) is 13.2 Å². The second-order valence-electron chi connectivity index (χ2n) is 7.68. The SMILES string of the molecule is Cc1ccccc1OCCN(C)C(=O)C(=O)c1c(C)nn(-c2cccc(C(F)(F)F)c2)c1C. The van der Waals surface area contributed by atoms with Gasteiger partial charge in [-0.3, -0.25) is 9.59 Å². The maximum Gasteiger partial charge on any atom is 0.416 e. The van der Waals surface area contributed by atoms with Crippen molar-refractivity contribution in [3.8, 4) is 11.4 Å². The lowest BCUT2D eigenvalue weighted by Gasteiger charge is -2.17. The second-order valence-corrected chi connectivity index (χ2v) is 7.68. The van der Waals surface area contributed by atoms with Gasteiger partial charge in [-0.25, -0.2) is 4.68 Å². The molecule has 3 rings (SSSR count). The van der Waals surface area contributed by atoms with E-state index in [4.69, 9.17) is 4.74 Å². The lowest BCUT2D eigenvalue weighted by atomic mass is 10.1. The third-order valence-electron chi connectivity index (χ3n) is 5.26. The molecule has 33 heavy (non-hydrogen) atoms. The van der Waals surface area contributed by atoms with Gasteiger partial charge in [0.2, 0.25) is 0 Å². The summed E-state index contributed by atoms with van der Waals surface area (Å²) >= 11 is 0. The summed E-state index contributed by atoms with van der Waals surface area (Å²) in [5, 5.41) is 4.21. The summed E-state index contributed by atoms with van der Waals surface area (Å²) in [6.07, 6.45) is -4.51. The van der Waals surface area contributed by atoms with Crippen LogP contribution in [0.25, 0.3) is 5.69 Å². The Bertz CT molecular complexity index is 1190. The number of amides is 1. The zero-order valence-electron chi connectivity index (χ0n) is 18.7. The first kappa shape index (κ1) is 24.0. The van der Waals surface area contributed by atoms with Crippen LogP contribution in [-0.2, 0) is 11.0 Å². The predicted octanol–water partition coefficient (Wildman–Crippen LogP) is 4.54. The Hall–Kier alpha value is -3.62. The monoisotopic (exact) mass is 459 g/mol. The first-order chi connectivity index (χ1) is 15.5. The molecule has 1 amide bonds. The summed E-state index contributed by atoms with van der Waals surface area (Å²) in [7, 11) is 1.49. The van der Waals surface area contributed by atoms with Gasteiger partial charge in [-0.2, -0.15) is 18.3 Å². The number of halogens is 3. The van der Waals surface area contributed by atoms with Crippen LogP contribution in [0.5, 0.6) is 5.75 Å². The van der Waals surface area contributed by atoms with Crippen molar-refractivity contribution < 1.29 is 27.5 Å². The van der Waals surface area contributed by atoms with E-state index in [1.54, 1.807) is 13.8 Å². The second kappa shape index (κ2) is 9.48. The summed E-state index contributed by atoms with van der Waals surface area (Å²) < 4.78 is 46.2. The van der Waals surface area contributed by atoms with E-state index in [1.165, 1.54) is 28.8 Å². The van der Waals surface area contributed by atoms with Gasteiger partial charge < -0.3 is 9.64 Å². The highest BCUT2D eigenvalue weighted by Gasteiger charge is 2.31. The Labute approximate surface area is 189 Å². The largest absolute Gasteiger partial charge is 0.491 e. The van der Waals surface area contributed by atoms with Gasteiger partial charge in [0.1, 0.15) is 12.4 Å². The zero-order valence-corrected chi connectivity index (χ0v) is 18.7. The summed E-state index contributed by atoms with van der Waals surface area (Å²) in [6, 6.07) is 12.1. The number of carbonyl (C=O) groups excluding carboxylic acids is 2. The number of Topliss-reactive ketones (excluding diaryl/α,β-unsaturated/α-hetero) is 1. The summed E-state index contributed by atoms with van der Waals surface area (Å²) in [4.78, 5) is 26.9. The number of benzene rings is 2. The number of hydrogen-bond acceptors (Lipinski definition) is 4. The highest BCUT2D eigenvalue weighted by molar-refractivity contribution is 6.43. The van der Waals surface area contributed by atoms with Gasteiger partial charge in [0.15, 0.2) is 0 Å². The van der Waals surface area contributed by atoms with Crippen molar-refractivity contribution in [1.29, 1.82) is 0 Å². The molecule has 174 valence electrons. The average molecular weight is 459 g/mol. The molecule has 6 nitrogen and oxygen atoms in total. The number of alkyl halides is 3. The minimum atomic E-state index is -4.51. The number of ether oxygens (including phenoxy) is 1. The molecule has 2 aromatic carbocycles. The highest BCUT2D eigenvalue weighted by atomic mass is 19.4. The minimum absolute atomic E-state index is 0.0732. The molecular formula is C24H24F3N3O3. The maximum absolute atomic E-state index is 13.1. The van der Waals surface area contributed by atoms with Crippen LogP contribution >= 0.6 is 0 Å². The summed E-state index contributed by atoms with van der Waals surface area (Å²) in [6.45, 7) is 5.36. The summed E-state index contributed by atoms with van der Waals surface area (Å²) in [5.41, 5.74) is 0.893. The van der Waals surface area contributed by atoms with Crippen molar-refractivity contribution in [1.82, 2.24) is 14.7 Å². The van der Waals surface area contributed by atoms with Gasteiger partial charge in [0.25, 0.3) is 11.7 Å². The zero-order chi connectivity index (χ0) is 24.3. The molecular weight excluding hydrogens is 435 g/mol. The normalized spacial score (nSPS) is 11.4. The third kappa shape index (κ3) is 5.24. The van der Waals surface area contributed by atoms with Crippen LogP contribution in [0, 0.1) is 20.8 Å². The van der Waals surface area contributed by atoms with Crippen molar-refractivity contribution >= 4 is 11.7 Å². The first-order valence-electron chi connectivity index (χ1n) is 10.2. The number of likely N-dealkylation sites (N-methyl/N-ethyl adjacent to an activating group) is 1. The number of aryl methyl sites for hydroxylation is 2. The molecule has 0 saturated carbocycles. The molecule has 0 fully saturated rings. The predicted molar refractivity (Wildman–Crippen MR) is 117 cm³/mol. The van der Waals surface area contributed by atoms with Crippen LogP contribution in [0.2, 0.25) is 0 Å². The van der Waals surface area contributed by atoms with E-state index in [2.05, 4.69) is 5.10 Å². The molecule has 0 bridgehead atoms. The number of hydrogen-bond donors (Lipinski definition) is 0. The number of ketones is 1. The molecule has 0 aliphatic rings. The van der Waals surface area contributed by atoms with Gasteiger partial charge in [-0.1, -0.05) is 24.3 Å². The lowest BCUT2D eigenvalue weighted by Crippen LogP contribution is -2.36. The first-order valence-corrected chi connectivity index (χ1v) is 10.2. The Balaban J connectivity index is 1.75. The third-order valence-corrected chi connectivity index (χ3v) is 5.26. The van der Waals surface area contributed by atoms with Crippen LogP contribution in [-0.4, -0.2) is 46.6 Å². The minimum Gasteiger partial charge on any atom is -0.491 e.